The van der Waals surface area contributed by atoms with Gasteiger partial charge in [0.25, 0.3) is 0 Å². The van der Waals surface area contributed by atoms with Crippen LogP contribution in [0.25, 0.3) is 0 Å². The first-order valence-corrected chi connectivity index (χ1v) is 13.9. The molecule has 160 valence electrons. The fourth-order valence-corrected chi connectivity index (χ4v) is 8.47. The maximum atomic E-state index is 13.1. The molecule has 1 aliphatic rings. The van der Waals surface area contributed by atoms with E-state index in [-0.39, 0.29) is 44.1 Å². The Morgan fingerprint density at radius 1 is 0.933 bits per heavy atom. The molecule has 30 heavy (non-hydrogen) atoms. The number of sulfone groups is 1. The molecule has 4 nitrogen and oxygen atoms in total. The van der Waals surface area contributed by atoms with Gasteiger partial charge in [0.05, 0.1) is 0 Å². The number of Topliss-reactive ketones (excluding diaryl/α,β-unsaturated/α-hetero) is 2. The van der Waals surface area contributed by atoms with E-state index in [1.807, 2.05) is 25.1 Å². The second-order valence-corrected chi connectivity index (χ2v) is 12.7. The Kier molecular flexibility index (Phi) is 7.01. The first-order valence-electron chi connectivity index (χ1n) is 10.1. The molecule has 0 amide bonds. The van der Waals surface area contributed by atoms with Crippen LogP contribution in [0.15, 0.2) is 59.5 Å². The predicted molar refractivity (Wildman–Crippen MR) is 120 cm³/mol. The van der Waals surface area contributed by atoms with Crippen molar-refractivity contribution in [3.63, 3.8) is 0 Å². The molecule has 1 fully saturated rings. The molecule has 2 aromatic rings. The molecule has 0 aromatic heterocycles. The Bertz CT molecular complexity index is 999. The summed E-state index contributed by atoms with van der Waals surface area (Å²) in [5.41, 5.74) is -0.0318. The minimum atomic E-state index is -3.49. The van der Waals surface area contributed by atoms with E-state index in [0.717, 1.165) is 10.9 Å². The van der Waals surface area contributed by atoms with Gasteiger partial charge in [0, 0.05) is 0 Å². The van der Waals surface area contributed by atoms with Crippen LogP contribution < -0.4 is 4.46 Å². The van der Waals surface area contributed by atoms with Crippen LogP contribution in [0.4, 0.5) is 0 Å². The second-order valence-electron chi connectivity index (χ2n) is 8.34. The summed E-state index contributed by atoms with van der Waals surface area (Å²) in [6, 6.07) is 17.0. The van der Waals surface area contributed by atoms with Gasteiger partial charge in [0.15, 0.2) is 0 Å². The molecule has 2 atom stereocenters. The van der Waals surface area contributed by atoms with E-state index >= 15 is 0 Å². The average molecular weight is 492 g/mol. The number of carbonyl (C=O) groups excluding carboxylic acids is 2. The summed E-state index contributed by atoms with van der Waals surface area (Å²) in [5, 5.41) is 0.827. The quantitative estimate of drug-likeness (QED) is 0.419. The van der Waals surface area contributed by atoms with Crippen LogP contribution in [0.3, 0.4) is 0 Å². The van der Waals surface area contributed by atoms with Crippen molar-refractivity contribution in [2.75, 3.05) is 5.75 Å². The molecule has 0 heterocycles. The fourth-order valence-electron chi connectivity index (χ4n) is 4.37. The monoisotopic (exact) mass is 492 g/mol. The Morgan fingerprint density at radius 2 is 1.50 bits per heavy atom. The van der Waals surface area contributed by atoms with E-state index in [0.29, 0.717) is 17.7 Å². The van der Waals surface area contributed by atoms with Gasteiger partial charge in [0.1, 0.15) is 0 Å². The van der Waals surface area contributed by atoms with Crippen molar-refractivity contribution < 1.29 is 18.0 Å². The number of carbonyl (C=O) groups is 2. The summed E-state index contributed by atoms with van der Waals surface area (Å²) in [6.45, 7) is 4.86. The Hall–Kier alpha value is -1.75. The van der Waals surface area contributed by atoms with E-state index < -0.39 is 15.3 Å². The van der Waals surface area contributed by atoms with E-state index in [4.69, 9.17) is 0 Å². The molecule has 2 aromatic carbocycles. The molecule has 1 aliphatic carbocycles. The first-order chi connectivity index (χ1) is 14.1. The third kappa shape index (κ3) is 4.93. The SMILES string of the molecule is CC(=O)C1(C(C)=O)C[C@H](C[Se]c2ccccc2)[C@H](CS(=O)(=O)c2ccc(C)cc2)C1. The van der Waals surface area contributed by atoms with Crippen LogP contribution in [0, 0.1) is 24.2 Å². The topological polar surface area (TPSA) is 68.3 Å². The average Bonchev–Trinajstić information content (AvgIpc) is 3.07. The van der Waals surface area contributed by atoms with Crippen LogP contribution in [0.1, 0.15) is 32.3 Å². The molecule has 0 aliphatic heterocycles. The van der Waals surface area contributed by atoms with Crippen molar-refractivity contribution in [1.82, 2.24) is 0 Å². The van der Waals surface area contributed by atoms with Crippen molar-refractivity contribution in [2.24, 2.45) is 17.3 Å². The van der Waals surface area contributed by atoms with Crippen molar-refractivity contribution in [1.29, 1.82) is 0 Å². The van der Waals surface area contributed by atoms with Crippen molar-refractivity contribution in [3.05, 3.63) is 60.2 Å². The predicted octanol–water partition coefficient (Wildman–Crippen LogP) is 3.41. The van der Waals surface area contributed by atoms with E-state index in [1.54, 1.807) is 24.3 Å². The number of aryl methyl sites for hydroxylation is 1. The summed E-state index contributed by atoms with van der Waals surface area (Å²) >= 11 is 0.168. The third-order valence-electron chi connectivity index (χ3n) is 6.26. The fraction of sp³-hybridized carbons (Fsp3) is 0.417. The zero-order valence-electron chi connectivity index (χ0n) is 17.6. The number of hydrogen-bond acceptors (Lipinski definition) is 4. The summed E-state index contributed by atoms with van der Waals surface area (Å²) in [6.07, 6.45) is 0.790. The molecular formula is C24H28O4SSe. The number of rotatable bonds is 8. The van der Waals surface area contributed by atoms with Crippen molar-refractivity contribution in [3.8, 4) is 0 Å². The van der Waals surface area contributed by atoms with E-state index in [9.17, 15) is 18.0 Å². The van der Waals surface area contributed by atoms with Gasteiger partial charge in [-0.3, -0.25) is 0 Å². The van der Waals surface area contributed by atoms with E-state index in [2.05, 4.69) is 12.1 Å². The van der Waals surface area contributed by atoms with Crippen LogP contribution in [-0.2, 0) is 19.4 Å². The van der Waals surface area contributed by atoms with Gasteiger partial charge in [0.2, 0.25) is 0 Å². The molecule has 3 rings (SSSR count). The Labute approximate surface area is 185 Å². The standard InChI is InChI=1S/C24H28O4SSe/c1-17-9-11-22(12-10-17)29(27,28)15-20-13-24(18(2)25,19(3)26)14-21(20)16-30-23-7-5-4-6-8-23/h4-12,20-21H,13-16H2,1-3H3/t20-,21+/m0/s1. The summed E-state index contributed by atoms with van der Waals surface area (Å²) in [5.74, 6) is -0.453. The van der Waals surface area contributed by atoms with Gasteiger partial charge in [-0.25, -0.2) is 0 Å². The summed E-state index contributed by atoms with van der Waals surface area (Å²) in [4.78, 5) is 25.3. The maximum absolute atomic E-state index is 13.1. The number of ketones is 2. The molecule has 0 unspecified atom stereocenters. The van der Waals surface area contributed by atoms with Crippen LogP contribution in [0.2, 0.25) is 5.32 Å². The summed E-state index contributed by atoms with van der Waals surface area (Å²) in [7, 11) is -3.49. The molecule has 1 saturated carbocycles. The van der Waals surface area contributed by atoms with E-state index in [1.165, 1.54) is 18.3 Å². The van der Waals surface area contributed by atoms with Crippen LogP contribution in [-0.4, -0.2) is 40.7 Å². The van der Waals surface area contributed by atoms with Crippen LogP contribution in [0.5, 0.6) is 0 Å². The zero-order chi connectivity index (χ0) is 21.9. The molecule has 0 radical (unpaired) electrons. The number of hydrogen-bond donors (Lipinski definition) is 0. The molecule has 0 bridgehead atoms. The van der Waals surface area contributed by atoms with Gasteiger partial charge in [-0.05, 0) is 0 Å². The van der Waals surface area contributed by atoms with Gasteiger partial charge in [-0.2, -0.15) is 0 Å². The molecule has 0 N–H and O–H groups in total. The zero-order valence-corrected chi connectivity index (χ0v) is 20.2. The first kappa shape index (κ1) is 22.9. The molecule has 0 spiro atoms. The molecule has 0 saturated heterocycles. The van der Waals surface area contributed by atoms with Gasteiger partial charge < -0.3 is 0 Å². The Balaban J connectivity index is 1.86. The minimum absolute atomic E-state index is 0.0199. The van der Waals surface area contributed by atoms with Crippen molar-refractivity contribution in [2.45, 2.75) is 43.8 Å². The van der Waals surface area contributed by atoms with Crippen LogP contribution >= 0.6 is 0 Å². The van der Waals surface area contributed by atoms with Gasteiger partial charge in [-0.15, -0.1) is 0 Å². The Morgan fingerprint density at radius 3 is 2.07 bits per heavy atom. The molecule has 6 heteroatoms. The third-order valence-corrected chi connectivity index (χ3v) is 10.6. The molecular weight excluding hydrogens is 463 g/mol. The summed E-state index contributed by atoms with van der Waals surface area (Å²) < 4.78 is 27.5. The van der Waals surface area contributed by atoms with Crippen molar-refractivity contribution >= 4 is 40.8 Å². The number of benzene rings is 2. The van der Waals surface area contributed by atoms with Gasteiger partial charge >= 0.3 is 186 Å². The second kappa shape index (κ2) is 9.17. The normalized spacial score (nSPS) is 20.8. The van der Waals surface area contributed by atoms with Gasteiger partial charge in [-0.1, -0.05) is 0 Å².